The van der Waals surface area contributed by atoms with Gasteiger partial charge in [0.05, 0.1) is 0 Å². The Morgan fingerprint density at radius 3 is 2.74 bits per heavy atom. The first-order valence-corrected chi connectivity index (χ1v) is 6.41. The Balaban J connectivity index is 2.34. The topological polar surface area (TPSA) is 60.9 Å². The molecule has 1 N–H and O–H groups in total. The van der Waals surface area contributed by atoms with Crippen molar-refractivity contribution in [1.82, 2.24) is 4.90 Å². The molecule has 0 saturated heterocycles. The third-order valence-electron chi connectivity index (χ3n) is 3.35. The summed E-state index contributed by atoms with van der Waals surface area (Å²) in [6.45, 7) is 2.60. The van der Waals surface area contributed by atoms with E-state index in [0.29, 0.717) is 18.7 Å². The monoisotopic (exact) mass is 262 g/mol. The van der Waals surface area contributed by atoms with Crippen molar-refractivity contribution >= 4 is 17.7 Å². The second-order valence-electron chi connectivity index (χ2n) is 4.76. The van der Waals surface area contributed by atoms with E-state index in [9.17, 15) is 14.7 Å². The fourth-order valence-corrected chi connectivity index (χ4v) is 2.44. The number of hydrogen-bond donors (Lipinski definition) is 1. The lowest BCUT2D eigenvalue weighted by atomic mass is 10.1. The highest BCUT2D eigenvalue weighted by molar-refractivity contribution is 6.00. The van der Waals surface area contributed by atoms with E-state index < -0.39 is 12.0 Å². The lowest BCUT2D eigenvalue weighted by molar-refractivity contribution is -0.138. The highest BCUT2D eigenvalue weighted by Gasteiger charge is 2.39. The number of urea groups is 1. The molecule has 5 heteroatoms. The maximum Gasteiger partial charge on any atom is 0.327 e. The standard InChI is InChI=1S/C14H18N2O3/c1-3-8-15(2)14(19)16-11-7-5-4-6-10(11)9-12(16)13(17)18/h4-7,12H,3,8-9H2,1-2H3,(H,17,18)/t12-/m0/s1. The number of carbonyl (C=O) groups is 2. The molecule has 0 aliphatic carbocycles. The predicted molar refractivity (Wildman–Crippen MR) is 72.4 cm³/mol. The van der Waals surface area contributed by atoms with Crippen molar-refractivity contribution in [2.75, 3.05) is 18.5 Å². The lowest BCUT2D eigenvalue weighted by Crippen LogP contribution is -2.48. The van der Waals surface area contributed by atoms with E-state index >= 15 is 0 Å². The molecule has 1 heterocycles. The summed E-state index contributed by atoms with van der Waals surface area (Å²) in [5.74, 6) is -0.963. The molecule has 1 aromatic rings. The van der Waals surface area contributed by atoms with Gasteiger partial charge in [-0.3, -0.25) is 4.90 Å². The van der Waals surface area contributed by atoms with Gasteiger partial charge in [0.1, 0.15) is 6.04 Å². The first-order chi connectivity index (χ1) is 9.06. The van der Waals surface area contributed by atoms with Crippen LogP contribution in [0, 0.1) is 0 Å². The largest absolute Gasteiger partial charge is 0.480 e. The highest BCUT2D eigenvalue weighted by atomic mass is 16.4. The number of aliphatic carboxylic acids is 1. The van der Waals surface area contributed by atoms with Gasteiger partial charge in [-0.2, -0.15) is 0 Å². The van der Waals surface area contributed by atoms with Crippen LogP contribution in [-0.2, 0) is 11.2 Å². The Morgan fingerprint density at radius 2 is 2.11 bits per heavy atom. The van der Waals surface area contributed by atoms with Gasteiger partial charge in [-0.1, -0.05) is 25.1 Å². The molecule has 0 bridgehead atoms. The van der Waals surface area contributed by atoms with Crippen LogP contribution in [0.3, 0.4) is 0 Å². The molecule has 0 saturated carbocycles. The number of anilines is 1. The number of para-hydroxylation sites is 1. The molecule has 0 radical (unpaired) electrons. The molecule has 102 valence electrons. The smallest absolute Gasteiger partial charge is 0.327 e. The van der Waals surface area contributed by atoms with Crippen LogP contribution in [0.15, 0.2) is 24.3 Å². The second-order valence-corrected chi connectivity index (χ2v) is 4.76. The number of benzene rings is 1. The minimum Gasteiger partial charge on any atom is -0.480 e. The maximum atomic E-state index is 12.4. The van der Waals surface area contributed by atoms with Crippen molar-refractivity contribution in [2.24, 2.45) is 0 Å². The molecule has 1 aliphatic rings. The van der Waals surface area contributed by atoms with Crippen molar-refractivity contribution < 1.29 is 14.7 Å². The van der Waals surface area contributed by atoms with E-state index in [-0.39, 0.29) is 6.03 Å². The molecule has 1 atom stereocenters. The summed E-state index contributed by atoms with van der Waals surface area (Å²) in [5.41, 5.74) is 1.62. The Bertz CT molecular complexity index is 501. The zero-order valence-corrected chi connectivity index (χ0v) is 11.2. The van der Waals surface area contributed by atoms with Gasteiger partial charge in [0, 0.05) is 25.7 Å². The van der Waals surface area contributed by atoms with Gasteiger partial charge in [-0.15, -0.1) is 0 Å². The summed E-state index contributed by atoms with van der Waals surface area (Å²) in [6, 6.07) is 6.31. The maximum absolute atomic E-state index is 12.4. The number of hydrogen-bond acceptors (Lipinski definition) is 2. The molecule has 1 aliphatic heterocycles. The second kappa shape index (κ2) is 5.30. The first-order valence-electron chi connectivity index (χ1n) is 6.41. The van der Waals surface area contributed by atoms with E-state index in [1.165, 1.54) is 4.90 Å². The van der Waals surface area contributed by atoms with E-state index in [4.69, 9.17) is 0 Å². The Kier molecular flexibility index (Phi) is 3.74. The number of amides is 2. The zero-order valence-electron chi connectivity index (χ0n) is 11.2. The first kappa shape index (κ1) is 13.4. The van der Waals surface area contributed by atoms with Gasteiger partial charge in [-0.05, 0) is 18.1 Å². The number of carboxylic acids is 1. The average Bonchev–Trinajstić information content (AvgIpc) is 2.77. The van der Waals surface area contributed by atoms with Gasteiger partial charge >= 0.3 is 12.0 Å². The summed E-state index contributed by atoms with van der Waals surface area (Å²) in [6.07, 6.45) is 1.21. The van der Waals surface area contributed by atoms with Crippen LogP contribution in [0.1, 0.15) is 18.9 Å². The Morgan fingerprint density at radius 1 is 1.42 bits per heavy atom. The summed E-state index contributed by atoms with van der Waals surface area (Å²) in [7, 11) is 1.70. The third kappa shape index (κ3) is 2.41. The summed E-state index contributed by atoms with van der Waals surface area (Å²) >= 11 is 0. The molecule has 0 unspecified atom stereocenters. The van der Waals surface area contributed by atoms with E-state index in [0.717, 1.165) is 12.0 Å². The molecule has 19 heavy (non-hydrogen) atoms. The van der Waals surface area contributed by atoms with Crippen LogP contribution in [-0.4, -0.2) is 41.6 Å². The highest BCUT2D eigenvalue weighted by Crippen LogP contribution is 2.32. The van der Waals surface area contributed by atoms with Gasteiger partial charge in [0.25, 0.3) is 0 Å². The fourth-order valence-electron chi connectivity index (χ4n) is 2.44. The predicted octanol–water partition coefficient (Wildman–Crippen LogP) is 1.96. The van der Waals surface area contributed by atoms with Gasteiger partial charge in [0.15, 0.2) is 0 Å². The van der Waals surface area contributed by atoms with Gasteiger partial charge in [0.2, 0.25) is 0 Å². The van der Waals surface area contributed by atoms with Gasteiger partial charge < -0.3 is 10.0 Å². The van der Waals surface area contributed by atoms with Crippen LogP contribution in [0.5, 0.6) is 0 Å². The third-order valence-corrected chi connectivity index (χ3v) is 3.35. The number of rotatable bonds is 3. The quantitative estimate of drug-likeness (QED) is 0.905. The molecule has 2 rings (SSSR count). The van der Waals surface area contributed by atoms with Crippen LogP contribution in [0.25, 0.3) is 0 Å². The van der Waals surface area contributed by atoms with Crippen LogP contribution in [0.2, 0.25) is 0 Å². The molecule has 1 aromatic carbocycles. The molecule has 5 nitrogen and oxygen atoms in total. The van der Waals surface area contributed by atoms with E-state index in [1.54, 1.807) is 18.0 Å². The van der Waals surface area contributed by atoms with Crippen molar-refractivity contribution in [1.29, 1.82) is 0 Å². The minimum absolute atomic E-state index is 0.251. The SMILES string of the molecule is CCCN(C)C(=O)N1c2ccccc2C[C@H]1C(=O)O. The Labute approximate surface area is 112 Å². The number of fused-ring (bicyclic) bond motifs is 1. The van der Waals surface area contributed by atoms with Crippen LogP contribution < -0.4 is 4.90 Å². The molecular weight excluding hydrogens is 244 g/mol. The van der Waals surface area contributed by atoms with Crippen molar-refractivity contribution in [2.45, 2.75) is 25.8 Å². The summed E-state index contributed by atoms with van der Waals surface area (Å²) < 4.78 is 0. The molecule has 2 amide bonds. The molecular formula is C14H18N2O3. The zero-order chi connectivity index (χ0) is 14.0. The van der Waals surface area contributed by atoms with Crippen molar-refractivity contribution in [3.63, 3.8) is 0 Å². The average molecular weight is 262 g/mol. The van der Waals surface area contributed by atoms with Crippen LogP contribution >= 0.6 is 0 Å². The van der Waals surface area contributed by atoms with E-state index in [2.05, 4.69) is 0 Å². The van der Waals surface area contributed by atoms with Gasteiger partial charge in [-0.25, -0.2) is 9.59 Å². The lowest BCUT2D eigenvalue weighted by Gasteiger charge is -2.28. The summed E-state index contributed by atoms with van der Waals surface area (Å²) in [4.78, 5) is 26.7. The fraction of sp³-hybridized carbons (Fsp3) is 0.429. The minimum atomic E-state index is -0.963. The molecule has 0 aromatic heterocycles. The van der Waals surface area contributed by atoms with E-state index in [1.807, 2.05) is 25.1 Å². The molecule has 0 fully saturated rings. The van der Waals surface area contributed by atoms with Crippen LogP contribution in [0.4, 0.5) is 10.5 Å². The number of nitrogens with zero attached hydrogens (tertiary/aromatic N) is 2. The normalized spacial score (nSPS) is 17.2. The summed E-state index contributed by atoms with van der Waals surface area (Å²) in [5, 5.41) is 9.30. The van der Waals surface area contributed by atoms with Crippen molar-refractivity contribution in [3.05, 3.63) is 29.8 Å². The molecule has 0 spiro atoms. The number of carboxylic acid groups (broad SMARTS) is 1. The Hall–Kier alpha value is -2.04. The number of carbonyl (C=O) groups excluding carboxylic acids is 1. The van der Waals surface area contributed by atoms with Crippen molar-refractivity contribution in [3.8, 4) is 0 Å².